The number of nitrogens with zero attached hydrogens (tertiary/aromatic N) is 1. The van der Waals surface area contributed by atoms with E-state index in [1.807, 2.05) is 36.4 Å². The Morgan fingerprint density at radius 2 is 1.83 bits per heavy atom. The first-order valence-electron chi connectivity index (χ1n) is 10.3. The van der Waals surface area contributed by atoms with Crippen LogP contribution in [0, 0.1) is 11.8 Å². The number of anilines is 1. The minimum Gasteiger partial charge on any atom is -0.444 e. The number of carbonyl (C=O) groups is 1. The molecule has 0 radical (unpaired) electrons. The van der Waals surface area contributed by atoms with Crippen LogP contribution in [0.3, 0.4) is 0 Å². The van der Waals surface area contributed by atoms with Crippen molar-refractivity contribution in [2.75, 3.05) is 18.5 Å². The standard InChI is InChI=1S/C23H28N2O4/c1-16-12-19(13-17(2)23(16)28-10-11-29-23)20-8-9-24-14-21(20)25-22(26)27-15-18-6-4-3-5-7-18/h3-9,14,16-17,19H,10-13,15H2,1-2H3,(H,25,26)/t16-,17+,19+. The number of benzene rings is 1. The van der Waals surface area contributed by atoms with E-state index in [4.69, 9.17) is 14.2 Å². The molecular weight excluding hydrogens is 368 g/mol. The van der Waals surface area contributed by atoms with Gasteiger partial charge in [0.15, 0.2) is 5.79 Å². The second-order valence-electron chi connectivity index (χ2n) is 8.04. The number of aromatic nitrogens is 1. The number of carbonyl (C=O) groups excluding carboxylic acids is 1. The van der Waals surface area contributed by atoms with Gasteiger partial charge in [-0.15, -0.1) is 0 Å². The lowest BCUT2D eigenvalue weighted by molar-refractivity contribution is -0.240. The summed E-state index contributed by atoms with van der Waals surface area (Å²) in [6, 6.07) is 11.6. The van der Waals surface area contributed by atoms with Crippen molar-refractivity contribution in [3.8, 4) is 0 Å². The Labute approximate surface area is 171 Å². The molecule has 29 heavy (non-hydrogen) atoms. The molecule has 1 saturated carbocycles. The highest BCUT2D eigenvalue weighted by molar-refractivity contribution is 5.85. The van der Waals surface area contributed by atoms with E-state index in [2.05, 4.69) is 24.1 Å². The summed E-state index contributed by atoms with van der Waals surface area (Å²) >= 11 is 0. The Bertz CT molecular complexity index is 822. The molecule has 6 heteroatoms. The number of rotatable bonds is 4. The second-order valence-corrected chi connectivity index (χ2v) is 8.04. The molecule has 1 amide bonds. The highest BCUT2D eigenvalue weighted by atomic mass is 16.7. The summed E-state index contributed by atoms with van der Waals surface area (Å²) in [6.07, 6.45) is 4.86. The maximum atomic E-state index is 12.4. The molecule has 0 bridgehead atoms. The van der Waals surface area contributed by atoms with Crippen molar-refractivity contribution in [2.45, 2.75) is 45.0 Å². The van der Waals surface area contributed by atoms with Crippen LogP contribution in [0.2, 0.25) is 0 Å². The topological polar surface area (TPSA) is 69.7 Å². The average molecular weight is 396 g/mol. The molecule has 4 rings (SSSR count). The van der Waals surface area contributed by atoms with Crippen LogP contribution in [-0.2, 0) is 20.8 Å². The highest BCUT2D eigenvalue weighted by Gasteiger charge is 2.51. The van der Waals surface area contributed by atoms with E-state index in [0.717, 1.165) is 24.0 Å². The fourth-order valence-electron chi connectivity index (χ4n) is 4.77. The van der Waals surface area contributed by atoms with Crippen LogP contribution < -0.4 is 5.32 Å². The zero-order chi connectivity index (χ0) is 20.3. The summed E-state index contributed by atoms with van der Waals surface area (Å²) in [6.45, 7) is 5.94. The summed E-state index contributed by atoms with van der Waals surface area (Å²) < 4.78 is 17.4. The van der Waals surface area contributed by atoms with Crippen molar-refractivity contribution in [2.24, 2.45) is 11.8 Å². The van der Waals surface area contributed by atoms with Gasteiger partial charge in [-0.25, -0.2) is 4.79 Å². The number of nitrogens with one attached hydrogen (secondary N) is 1. The van der Waals surface area contributed by atoms with Crippen LogP contribution in [0.5, 0.6) is 0 Å². The lowest BCUT2D eigenvalue weighted by Crippen LogP contribution is -2.48. The van der Waals surface area contributed by atoms with Gasteiger partial charge < -0.3 is 14.2 Å². The molecular formula is C23H28N2O4. The molecule has 1 spiro atoms. The smallest absolute Gasteiger partial charge is 0.412 e. The first-order chi connectivity index (χ1) is 14.1. The van der Waals surface area contributed by atoms with Crippen molar-refractivity contribution in [1.29, 1.82) is 0 Å². The maximum Gasteiger partial charge on any atom is 0.412 e. The van der Waals surface area contributed by atoms with Gasteiger partial charge >= 0.3 is 6.09 Å². The Balaban J connectivity index is 1.44. The third-order valence-electron chi connectivity index (χ3n) is 6.13. The van der Waals surface area contributed by atoms with Crippen LogP contribution in [0.25, 0.3) is 0 Å². The van der Waals surface area contributed by atoms with Gasteiger partial charge in [-0.3, -0.25) is 10.3 Å². The number of ether oxygens (including phenoxy) is 3. The van der Waals surface area contributed by atoms with Gasteiger partial charge in [-0.05, 0) is 36.0 Å². The lowest BCUT2D eigenvalue weighted by atomic mass is 9.69. The predicted octanol–water partition coefficient (Wildman–Crippen LogP) is 4.72. The van der Waals surface area contributed by atoms with Crippen LogP contribution in [0.1, 0.15) is 43.7 Å². The Morgan fingerprint density at radius 1 is 1.14 bits per heavy atom. The molecule has 1 saturated heterocycles. The number of hydrogen-bond donors (Lipinski definition) is 1. The fraction of sp³-hybridized carbons (Fsp3) is 0.478. The van der Waals surface area contributed by atoms with Gasteiger partial charge in [0.2, 0.25) is 0 Å². The summed E-state index contributed by atoms with van der Waals surface area (Å²) in [5.74, 6) is 0.367. The highest BCUT2D eigenvalue weighted by Crippen LogP contribution is 2.50. The van der Waals surface area contributed by atoms with E-state index >= 15 is 0 Å². The zero-order valence-corrected chi connectivity index (χ0v) is 17.0. The molecule has 1 aromatic carbocycles. The molecule has 0 unspecified atom stereocenters. The number of hydrogen-bond acceptors (Lipinski definition) is 5. The van der Waals surface area contributed by atoms with E-state index in [9.17, 15) is 4.79 Å². The molecule has 1 aliphatic heterocycles. The Morgan fingerprint density at radius 3 is 2.52 bits per heavy atom. The van der Waals surface area contributed by atoms with Gasteiger partial charge in [-0.1, -0.05) is 44.2 Å². The minimum atomic E-state index is -0.473. The third-order valence-corrected chi connectivity index (χ3v) is 6.13. The van der Waals surface area contributed by atoms with Crippen LogP contribution in [0.15, 0.2) is 48.8 Å². The Kier molecular flexibility index (Phi) is 5.83. The molecule has 154 valence electrons. The van der Waals surface area contributed by atoms with E-state index in [0.29, 0.717) is 24.8 Å². The van der Waals surface area contributed by atoms with Gasteiger partial charge in [0, 0.05) is 18.0 Å². The summed E-state index contributed by atoms with van der Waals surface area (Å²) in [5, 5.41) is 2.88. The van der Waals surface area contributed by atoms with Crippen molar-refractivity contribution < 1.29 is 19.0 Å². The number of amides is 1. The van der Waals surface area contributed by atoms with Gasteiger partial charge in [0.05, 0.1) is 25.1 Å². The Hall–Kier alpha value is -2.44. The van der Waals surface area contributed by atoms with E-state index in [1.54, 1.807) is 12.4 Å². The van der Waals surface area contributed by atoms with E-state index in [1.165, 1.54) is 0 Å². The van der Waals surface area contributed by atoms with Gasteiger partial charge in [0.1, 0.15) is 6.61 Å². The van der Waals surface area contributed by atoms with Crippen LogP contribution in [-0.4, -0.2) is 30.1 Å². The second kappa shape index (κ2) is 8.51. The lowest BCUT2D eigenvalue weighted by Gasteiger charge is -2.46. The average Bonchev–Trinajstić information content (AvgIpc) is 3.23. The molecule has 1 aliphatic carbocycles. The summed E-state index contributed by atoms with van der Waals surface area (Å²) in [4.78, 5) is 16.6. The first kappa shape index (κ1) is 19.9. The first-order valence-corrected chi connectivity index (χ1v) is 10.3. The van der Waals surface area contributed by atoms with E-state index in [-0.39, 0.29) is 18.4 Å². The van der Waals surface area contributed by atoms with Crippen LogP contribution in [0.4, 0.5) is 10.5 Å². The van der Waals surface area contributed by atoms with Gasteiger partial charge in [-0.2, -0.15) is 0 Å². The van der Waals surface area contributed by atoms with Crippen LogP contribution >= 0.6 is 0 Å². The molecule has 1 aromatic heterocycles. The molecule has 6 nitrogen and oxygen atoms in total. The monoisotopic (exact) mass is 396 g/mol. The fourth-order valence-corrected chi connectivity index (χ4v) is 4.77. The molecule has 2 heterocycles. The molecule has 1 N–H and O–H groups in total. The zero-order valence-electron chi connectivity index (χ0n) is 17.0. The molecule has 3 atom stereocenters. The summed E-state index contributed by atoms with van der Waals surface area (Å²) in [7, 11) is 0. The van der Waals surface area contributed by atoms with Crippen molar-refractivity contribution in [3.63, 3.8) is 0 Å². The third kappa shape index (κ3) is 4.14. The SMILES string of the molecule is C[C@@H]1C[C@H](c2ccncc2NC(=O)OCc2ccccc2)C[C@H](C)C12OCCO2. The van der Waals surface area contributed by atoms with Gasteiger partial charge in [0.25, 0.3) is 0 Å². The number of pyridine rings is 1. The summed E-state index contributed by atoms with van der Waals surface area (Å²) in [5.41, 5.74) is 2.74. The molecule has 2 aliphatic rings. The normalized spacial score (nSPS) is 25.7. The largest absolute Gasteiger partial charge is 0.444 e. The quantitative estimate of drug-likeness (QED) is 0.810. The predicted molar refractivity (Wildman–Crippen MR) is 109 cm³/mol. The minimum absolute atomic E-state index is 0.233. The van der Waals surface area contributed by atoms with Crippen molar-refractivity contribution in [3.05, 3.63) is 59.9 Å². The van der Waals surface area contributed by atoms with Crippen molar-refractivity contribution in [1.82, 2.24) is 4.98 Å². The maximum absolute atomic E-state index is 12.4. The van der Waals surface area contributed by atoms with Crippen molar-refractivity contribution >= 4 is 11.8 Å². The van der Waals surface area contributed by atoms with E-state index < -0.39 is 11.9 Å². The molecule has 2 aromatic rings. The molecule has 2 fully saturated rings.